The summed E-state index contributed by atoms with van der Waals surface area (Å²) in [6.07, 6.45) is -1.27. The molecular weight excluding hydrogens is 326 g/mol. The van der Waals surface area contributed by atoms with E-state index in [9.17, 15) is 13.2 Å². The zero-order chi connectivity index (χ0) is 14.9. The molecule has 0 spiro atoms. The number of pyridine rings is 2. The third kappa shape index (κ3) is 3.98. The molecule has 21 heavy (non-hydrogen) atoms. The van der Waals surface area contributed by atoms with Crippen molar-refractivity contribution in [2.24, 2.45) is 0 Å². The highest BCUT2D eigenvalue weighted by Crippen LogP contribution is 2.29. The van der Waals surface area contributed by atoms with Crippen LogP contribution in [-0.2, 0) is 6.18 Å². The minimum atomic E-state index is -4.50. The SMILES string of the molecule is CN(C)c1cc[n+](-c2nc(C(F)(F)F)ccc2Cl)cc1.[Cl-]. The van der Waals surface area contributed by atoms with Gasteiger partial charge >= 0.3 is 12.0 Å². The van der Waals surface area contributed by atoms with Crippen LogP contribution in [0.1, 0.15) is 5.69 Å². The van der Waals surface area contributed by atoms with Crippen LogP contribution in [0, 0.1) is 0 Å². The highest BCUT2D eigenvalue weighted by molar-refractivity contribution is 6.31. The molecule has 0 bridgehead atoms. The Bertz CT molecular complexity index is 613. The quantitative estimate of drug-likeness (QED) is 0.724. The molecule has 0 amide bonds. The van der Waals surface area contributed by atoms with E-state index in [-0.39, 0.29) is 23.2 Å². The second-order valence-electron chi connectivity index (χ2n) is 4.36. The minimum absolute atomic E-state index is 0. The standard InChI is InChI=1S/C13H12ClF3N3.ClH/c1-19(2)9-5-7-20(8-6-9)12-10(14)3-4-11(18-12)13(15,16)17;/h3-8H,1-2H3;1H/q+1;/p-1. The number of rotatable bonds is 2. The van der Waals surface area contributed by atoms with Gasteiger partial charge in [-0.3, -0.25) is 0 Å². The molecule has 2 aromatic rings. The van der Waals surface area contributed by atoms with Gasteiger partial charge < -0.3 is 17.3 Å². The van der Waals surface area contributed by atoms with Gasteiger partial charge in [0.25, 0.3) is 5.69 Å². The Balaban J connectivity index is 0.00000220. The van der Waals surface area contributed by atoms with E-state index >= 15 is 0 Å². The molecule has 0 saturated carbocycles. The second kappa shape index (κ2) is 6.49. The van der Waals surface area contributed by atoms with E-state index in [1.807, 2.05) is 19.0 Å². The number of nitrogens with zero attached hydrogens (tertiary/aromatic N) is 3. The number of hydrogen-bond donors (Lipinski definition) is 0. The van der Waals surface area contributed by atoms with E-state index in [1.165, 1.54) is 10.6 Å². The maximum absolute atomic E-state index is 12.7. The number of anilines is 1. The first-order valence-electron chi connectivity index (χ1n) is 5.72. The molecule has 0 aromatic carbocycles. The lowest BCUT2D eigenvalue weighted by atomic mass is 10.3. The Hall–Kier alpha value is -1.53. The molecule has 2 rings (SSSR count). The van der Waals surface area contributed by atoms with Gasteiger partial charge in [0.05, 0.1) is 12.4 Å². The van der Waals surface area contributed by atoms with Gasteiger partial charge in [-0.1, -0.05) is 11.6 Å². The molecule has 114 valence electrons. The van der Waals surface area contributed by atoms with Gasteiger partial charge in [0.15, 0.2) is 0 Å². The van der Waals surface area contributed by atoms with Crippen LogP contribution in [-0.4, -0.2) is 19.1 Å². The molecule has 0 N–H and O–H groups in total. The predicted molar refractivity (Wildman–Crippen MR) is 70.1 cm³/mol. The summed E-state index contributed by atoms with van der Waals surface area (Å²) in [5, 5.41) is 0.153. The maximum atomic E-state index is 12.7. The lowest BCUT2D eigenvalue weighted by molar-refractivity contribution is -0.599. The van der Waals surface area contributed by atoms with Crippen LogP contribution in [0.5, 0.6) is 0 Å². The molecule has 0 radical (unpaired) electrons. The number of halogens is 5. The van der Waals surface area contributed by atoms with Crippen molar-refractivity contribution >= 4 is 17.3 Å². The number of alkyl halides is 3. The van der Waals surface area contributed by atoms with Crippen LogP contribution in [0.2, 0.25) is 5.02 Å². The summed E-state index contributed by atoms with van der Waals surface area (Å²) in [5.41, 5.74) is -0.0505. The minimum Gasteiger partial charge on any atom is -1.00 e. The number of aromatic nitrogens is 2. The molecular formula is C13H12Cl2F3N3. The summed E-state index contributed by atoms with van der Waals surface area (Å²) in [6, 6.07) is 5.58. The smallest absolute Gasteiger partial charge is 0.457 e. The summed E-state index contributed by atoms with van der Waals surface area (Å²) >= 11 is 5.92. The normalized spacial score (nSPS) is 11.0. The lowest BCUT2D eigenvalue weighted by Gasteiger charge is -2.11. The molecule has 0 aliphatic heterocycles. The average molecular weight is 338 g/mol. The third-order valence-electron chi connectivity index (χ3n) is 2.69. The van der Waals surface area contributed by atoms with Gasteiger partial charge in [-0.25, -0.2) is 4.57 Å². The van der Waals surface area contributed by atoms with Gasteiger partial charge in [-0.05, 0) is 17.1 Å². The Kier molecular flexibility index (Phi) is 5.42. The van der Waals surface area contributed by atoms with Crippen LogP contribution in [0.4, 0.5) is 18.9 Å². The van der Waals surface area contributed by atoms with E-state index < -0.39 is 11.9 Å². The van der Waals surface area contributed by atoms with Gasteiger partial charge in [-0.15, -0.1) is 0 Å². The Morgan fingerprint density at radius 1 is 1.10 bits per heavy atom. The van der Waals surface area contributed by atoms with Crippen molar-refractivity contribution in [1.82, 2.24) is 4.98 Å². The van der Waals surface area contributed by atoms with Crippen molar-refractivity contribution in [3.05, 3.63) is 47.4 Å². The zero-order valence-electron chi connectivity index (χ0n) is 11.2. The van der Waals surface area contributed by atoms with Gasteiger partial charge in [-0.2, -0.15) is 13.2 Å². The number of hydrogen-bond acceptors (Lipinski definition) is 2. The van der Waals surface area contributed by atoms with Crippen LogP contribution in [0.25, 0.3) is 5.82 Å². The van der Waals surface area contributed by atoms with Crippen LogP contribution >= 0.6 is 11.6 Å². The molecule has 0 atom stereocenters. The molecule has 0 unspecified atom stereocenters. The largest absolute Gasteiger partial charge is 1.00 e. The Morgan fingerprint density at radius 3 is 2.14 bits per heavy atom. The van der Waals surface area contributed by atoms with Crippen LogP contribution < -0.4 is 21.9 Å². The zero-order valence-corrected chi connectivity index (χ0v) is 12.7. The van der Waals surface area contributed by atoms with Gasteiger partial charge in [0.2, 0.25) is 0 Å². The molecule has 2 heterocycles. The van der Waals surface area contributed by atoms with E-state index in [0.717, 1.165) is 11.8 Å². The summed E-state index contributed by atoms with van der Waals surface area (Å²) < 4.78 is 39.4. The topological polar surface area (TPSA) is 20.0 Å². The Morgan fingerprint density at radius 2 is 1.67 bits per heavy atom. The van der Waals surface area contributed by atoms with Crippen molar-refractivity contribution in [3.8, 4) is 5.82 Å². The van der Waals surface area contributed by atoms with Crippen molar-refractivity contribution in [2.75, 3.05) is 19.0 Å². The van der Waals surface area contributed by atoms with Crippen molar-refractivity contribution < 1.29 is 30.1 Å². The van der Waals surface area contributed by atoms with Crippen LogP contribution in [0.15, 0.2) is 36.7 Å². The van der Waals surface area contributed by atoms with Gasteiger partial charge in [0, 0.05) is 31.9 Å². The van der Waals surface area contributed by atoms with E-state index in [4.69, 9.17) is 11.6 Å². The summed E-state index contributed by atoms with van der Waals surface area (Å²) in [5.74, 6) is 0.0480. The van der Waals surface area contributed by atoms with Gasteiger partial charge in [0.1, 0.15) is 5.02 Å². The van der Waals surface area contributed by atoms with E-state index in [1.54, 1.807) is 24.5 Å². The maximum Gasteiger partial charge on any atom is 0.457 e. The van der Waals surface area contributed by atoms with Crippen molar-refractivity contribution in [3.63, 3.8) is 0 Å². The summed E-state index contributed by atoms with van der Waals surface area (Å²) in [7, 11) is 3.74. The first-order valence-corrected chi connectivity index (χ1v) is 6.09. The first-order chi connectivity index (χ1) is 9.29. The third-order valence-corrected chi connectivity index (χ3v) is 2.99. The lowest BCUT2D eigenvalue weighted by Crippen LogP contribution is -3.00. The summed E-state index contributed by atoms with van der Waals surface area (Å²) in [4.78, 5) is 5.46. The molecule has 0 saturated heterocycles. The molecule has 2 aromatic heterocycles. The first kappa shape index (κ1) is 17.5. The van der Waals surface area contributed by atoms with E-state index in [2.05, 4.69) is 4.98 Å². The Labute approximate surface area is 131 Å². The predicted octanol–water partition coefficient (Wildman–Crippen LogP) is 0.100. The van der Waals surface area contributed by atoms with E-state index in [0.29, 0.717) is 0 Å². The summed E-state index contributed by atoms with van der Waals surface area (Å²) in [6.45, 7) is 0. The molecule has 0 fully saturated rings. The molecule has 8 heteroatoms. The molecule has 0 aliphatic carbocycles. The molecule has 0 aliphatic rings. The highest BCUT2D eigenvalue weighted by Gasteiger charge is 2.38. The monoisotopic (exact) mass is 337 g/mol. The fourth-order valence-electron chi connectivity index (χ4n) is 1.63. The fourth-order valence-corrected chi connectivity index (χ4v) is 1.83. The molecule has 3 nitrogen and oxygen atoms in total. The van der Waals surface area contributed by atoms with Crippen molar-refractivity contribution in [2.45, 2.75) is 6.18 Å². The average Bonchev–Trinajstić information content (AvgIpc) is 2.38. The fraction of sp³-hybridized carbons (Fsp3) is 0.231. The second-order valence-corrected chi connectivity index (χ2v) is 4.76. The van der Waals surface area contributed by atoms with Crippen molar-refractivity contribution in [1.29, 1.82) is 0 Å². The highest BCUT2D eigenvalue weighted by atomic mass is 35.5. The van der Waals surface area contributed by atoms with Crippen LogP contribution in [0.3, 0.4) is 0 Å².